The fourth-order valence-corrected chi connectivity index (χ4v) is 2.44. The van der Waals surface area contributed by atoms with Crippen molar-refractivity contribution >= 4 is 5.91 Å². The first kappa shape index (κ1) is 14.5. The van der Waals surface area contributed by atoms with Gasteiger partial charge in [-0.3, -0.25) is 4.79 Å². The smallest absolute Gasteiger partial charge is 0.220 e. The van der Waals surface area contributed by atoms with E-state index in [1.165, 1.54) is 12.8 Å². The van der Waals surface area contributed by atoms with E-state index in [2.05, 4.69) is 38.3 Å². The third kappa shape index (κ3) is 5.07. The minimum atomic E-state index is 0.0777. The second kappa shape index (κ2) is 5.85. The van der Waals surface area contributed by atoms with Crippen molar-refractivity contribution in [2.24, 2.45) is 10.8 Å². The Labute approximate surface area is 106 Å². The summed E-state index contributed by atoms with van der Waals surface area (Å²) in [7, 11) is 0. The molecule has 1 aliphatic rings. The highest BCUT2D eigenvalue weighted by atomic mass is 16.1. The van der Waals surface area contributed by atoms with E-state index in [0.717, 1.165) is 26.1 Å². The van der Waals surface area contributed by atoms with Crippen molar-refractivity contribution in [3.05, 3.63) is 0 Å². The minimum absolute atomic E-state index is 0.0777. The van der Waals surface area contributed by atoms with Crippen LogP contribution in [0.25, 0.3) is 0 Å². The molecule has 2 N–H and O–H groups in total. The molecule has 100 valence electrons. The van der Waals surface area contributed by atoms with E-state index >= 15 is 0 Å². The van der Waals surface area contributed by atoms with Crippen molar-refractivity contribution in [3.63, 3.8) is 0 Å². The zero-order chi connectivity index (χ0) is 12.9. The largest absolute Gasteiger partial charge is 0.355 e. The van der Waals surface area contributed by atoms with Gasteiger partial charge in [-0.2, -0.15) is 0 Å². The third-order valence-electron chi connectivity index (χ3n) is 3.66. The highest BCUT2D eigenvalue weighted by molar-refractivity contribution is 5.76. The number of carbonyl (C=O) groups is 1. The molecule has 0 spiro atoms. The summed E-state index contributed by atoms with van der Waals surface area (Å²) >= 11 is 0. The van der Waals surface area contributed by atoms with Crippen LogP contribution in [-0.4, -0.2) is 25.5 Å². The van der Waals surface area contributed by atoms with Gasteiger partial charge in [0.05, 0.1) is 0 Å². The van der Waals surface area contributed by atoms with Gasteiger partial charge in [0.25, 0.3) is 0 Å². The Hall–Kier alpha value is -0.570. The molecule has 1 fully saturated rings. The minimum Gasteiger partial charge on any atom is -0.355 e. The molecule has 0 bridgehead atoms. The van der Waals surface area contributed by atoms with Crippen molar-refractivity contribution < 1.29 is 4.79 Å². The first-order chi connectivity index (χ1) is 7.87. The lowest BCUT2D eigenvalue weighted by atomic mass is 9.78. The van der Waals surface area contributed by atoms with Crippen LogP contribution in [0.3, 0.4) is 0 Å². The predicted octanol–water partition coefficient (Wildman–Crippen LogP) is 2.32. The van der Waals surface area contributed by atoms with Crippen LogP contribution in [0.5, 0.6) is 0 Å². The van der Waals surface area contributed by atoms with E-state index in [0.29, 0.717) is 6.42 Å². The van der Waals surface area contributed by atoms with Gasteiger partial charge < -0.3 is 10.6 Å². The molecule has 0 saturated carbocycles. The molecular weight excluding hydrogens is 212 g/mol. The first-order valence-corrected chi connectivity index (χ1v) is 6.84. The van der Waals surface area contributed by atoms with Crippen molar-refractivity contribution in [1.29, 1.82) is 0 Å². The van der Waals surface area contributed by atoms with Gasteiger partial charge >= 0.3 is 0 Å². The van der Waals surface area contributed by atoms with Gasteiger partial charge in [-0.05, 0) is 36.6 Å². The SMILES string of the molecule is CCC1(CNC(=O)CC(C)(C)C)CCCNC1. The van der Waals surface area contributed by atoms with Gasteiger partial charge in [0.2, 0.25) is 5.91 Å². The highest BCUT2D eigenvalue weighted by Crippen LogP contribution is 2.29. The Morgan fingerprint density at radius 2 is 2.12 bits per heavy atom. The van der Waals surface area contributed by atoms with Crippen LogP contribution >= 0.6 is 0 Å². The highest BCUT2D eigenvalue weighted by Gasteiger charge is 2.30. The molecule has 0 aromatic heterocycles. The van der Waals surface area contributed by atoms with E-state index in [9.17, 15) is 4.79 Å². The molecule has 1 rings (SSSR count). The Kier molecular flexibility index (Phi) is 4.99. The number of piperidine rings is 1. The quantitative estimate of drug-likeness (QED) is 0.792. The van der Waals surface area contributed by atoms with E-state index in [1.807, 2.05) is 0 Å². The lowest BCUT2D eigenvalue weighted by Crippen LogP contribution is -2.47. The average Bonchev–Trinajstić information content (AvgIpc) is 2.25. The van der Waals surface area contributed by atoms with Crippen LogP contribution in [0.4, 0.5) is 0 Å². The number of hydrogen-bond acceptors (Lipinski definition) is 2. The summed E-state index contributed by atoms with van der Waals surface area (Å²) in [4.78, 5) is 11.8. The normalized spacial score (nSPS) is 25.6. The molecule has 1 amide bonds. The van der Waals surface area contributed by atoms with Gasteiger partial charge in [0.1, 0.15) is 0 Å². The van der Waals surface area contributed by atoms with E-state index in [1.54, 1.807) is 0 Å². The van der Waals surface area contributed by atoms with E-state index < -0.39 is 0 Å². The van der Waals surface area contributed by atoms with Gasteiger partial charge in [-0.25, -0.2) is 0 Å². The third-order valence-corrected chi connectivity index (χ3v) is 3.66. The molecule has 1 heterocycles. The van der Waals surface area contributed by atoms with Gasteiger partial charge in [-0.15, -0.1) is 0 Å². The Morgan fingerprint density at radius 1 is 1.41 bits per heavy atom. The number of amides is 1. The van der Waals surface area contributed by atoms with Crippen LogP contribution in [-0.2, 0) is 4.79 Å². The van der Waals surface area contributed by atoms with Crippen LogP contribution in [0.2, 0.25) is 0 Å². The molecule has 0 aromatic carbocycles. The van der Waals surface area contributed by atoms with Gasteiger partial charge in [-0.1, -0.05) is 27.7 Å². The van der Waals surface area contributed by atoms with Crippen molar-refractivity contribution in [2.75, 3.05) is 19.6 Å². The Bertz CT molecular complexity index is 249. The van der Waals surface area contributed by atoms with Gasteiger partial charge in [0.15, 0.2) is 0 Å². The zero-order valence-electron chi connectivity index (χ0n) is 11.9. The summed E-state index contributed by atoms with van der Waals surface area (Å²) in [5, 5.41) is 6.57. The van der Waals surface area contributed by atoms with Gasteiger partial charge in [0, 0.05) is 19.5 Å². The fourth-order valence-electron chi connectivity index (χ4n) is 2.44. The second-order valence-electron chi connectivity index (χ2n) is 6.65. The topological polar surface area (TPSA) is 41.1 Å². The molecular formula is C14H28N2O. The second-order valence-corrected chi connectivity index (χ2v) is 6.65. The molecule has 3 nitrogen and oxygen atoms in total. The van der Waals surface area contributed by atoms with Crippen LogP contribution in [0.15, 0.2) is 0 Å². The standard InChI is InChI=1S/C14H28N2O/c1-5-14(7-6-8-15-10-14)11-16-12(17)9-13(2,3)4/h15H,5-11H2,1-4H3,(H,16,17). The molecule has 1 unspecified atom stereocenters. The molecule has 1 atom stereocenters. The molecule has 1 aliphatic heterocycles. The zero-order valence-corrected chi connectivity index (χ0v) is 11.9. The van der Waals surface area contributed by atoms with Crippen molar-refractivity contribution in [3.8, 4) is 0 Å². The monoisotopic (exact) mass is 240 g/mol. The number of carbonyl (C=O) groups excluding carboxylic acids is 1. The summed E-state index contributed by atoms with van der Waals surface area (Å²) in [6, 6.07) is 0. The number of rotatable bonds is 4. The lowest BCUT2D eigenvalue weighted by molar-refractivity contribution is -0.123. The maximum absolute atomic E-state index is 11.8. The predicted molar refractivity (Wildman–Crippen MR) is 71.9 cm³/mol. The lowest BCUT2D eigenvalue weighted by Gasteiger charge is -2.37. The van der Waals surface area contributed by atoms with Crippen LogP contribution < -0.4 is 10.6 Å². The number of hydrogen-bond donors (Lipinski definition) is 2. The molecule has 1 saturated heterocycles. The molecule has 3 heteroatoms. The van der Waals surface area contributed by atoms with Crippen LogP contribution in [0.1, 0.15) is 53.4 Å². The molecule has 17 heavy (non-hydrogen) atoms. The fraction of sp³-hybridized carbons (Fsp3) is 0.929. The molecule has 0 aliphatic carbocycles. The van der Waals surface area contributed by atoms with Crippen molar-refractivity contribution in [2.45, 2.75) is 53.4 Å². The number of nitrogens with one attached hydrogen (secondary N) is 2. The average molecular weight is 240 g/mol. The van der Waals surface area contributed by atoms with E-state index in [4.69, 9.17) is 0 Å². The summed E-state index contributed by atoms with van der Waals surface area (Å²) < 4.78 is 0. The summed E-state index contributed by atoms with van der Waals surface area (Å²) in [6.45, 7) is 11.5. The first-order valence-electron chi connectivity index (χ1n) is 6.84. The summed E-state index contributed by atoms with van der Waals surface area (Å²) in [5.74, 6) is 0.191. The Balaban J connectivity index is 2.39. The molecule has 0 radical (unpaired) electrons. The maximum Gasteiger partial charge on any atom is 0.220 e. The summed E-state index contributed by atoms with van der Waals surface area (Å²) in [6.07, 6.45) is 4.20. The van der Waals surface area contributed by atoms with E-state index in [-0.39, 0.29) is 16.7 Å². The van der Waals surface area contributed by atoms with Crippen LogP contribution in [0, 0.1) is 10.8 Å². The maximum atomic E-state index is 11.8. The molecule has 0 aromatic rings. The Morgan fingerprint density at radius 3 is 2.59 bits per heavy atom. The summed E-state index contributed by atoms with van der Waals surface area (Å²) in [5.41, 5.74) is 0.361. The van der Waals surface area contributed by atoms with Crippen molar-refractivity contribution in [1.82, 2.24) is 10.6 Å².